The number of aliphatic carboxylic acids is 1. The van der Waals surface area contributed by atoms with Crippen LogP contribution in [0, 0.1) is 17.8 Å². The molecular formula is C42H67N7O9S2. The van der Waals surface area contributed by atoms with E-state index in [0.29, 0.717) is 24.3 Å². The highest BCUT2D eigenvalue weighted by atomic mass is 32.2. The summed E-state index contributed by atoms with van der Waals surface area (Å²) in [5.41, 5.74) is 5.99. The van der Waals surface area contributed by atoms with E-state index in [1.165, 1.54) is 37.4 Å². The summed E-state index contributed by atoms with van der Waals surface area (Å²) in [6.45, 7) is 14.3. The number of rotatable bonds is 15. The van der Waals surface area contributed by atoms with Gasteiger partial charge in [-0.25, -0.2) is 0 Å². The van der Waals surface area contributed by atoms with Crippen molar-refractivity contribution < 1.29 is 43.5 Å². The molecule has 18 heteroatoms. The quantitative estimate of drug-likeness (QED) is 0.127. The van der Waals surface area contributed by atoms with Gasteiger partial charge < -0.3 is 42.7 Å². The highest BCUT2D eigenvalue weighted by Gasteiger charge is 2.38. The molecule has 7 amide bonds. The lowest BCUT2D eigenvalue weighted by Crippen LogP contribution is -2.63. The van der Waals surface area contributed by atoms with Gasteiger partial charge in [0.1, 0.15) is 35.7 Å². The number of carbonyl (C=O) groups is 8. The second-order valence-electron chi connectivity index (χ2n) is 16.9. The Labute approximate surface area is 363 Å². The van der Waals surface area contributed by atoms with Crippen LogP contribution in [0.2, 0.25) is 0 Å². The fourth-order valence-corrected chi connectivity index (χ4v) is 8.21. The van der Waals surface area contributed by atoms with Crippen molar-refractivity contribution in [3.05, 3.63) is 35.4 Å². The van der Waals surface area contributed by atoms with Gasteiger partial charge in [0.15, 0.2) is 0 Å². The summed E-state index contributed by atoms with van der Waals surface area (Å²) >= 11 is 2.77. The molecule has 0 spiro atoms. The fraction of sp³-hybridized carbons (Fsp3) is 0.667. The Balaban J connectivity index is 2.53. The molecule has 0 saturated heterocycles. The van der Waals surface area contributed by atoms with E-state index in [4.69, 9.17) is 10.8 Å². The Kier molecular flexibility index (Phi) is 22.0. The molecule has 0 aliphatic carbocycles. The highest BCUT2D eigenvalue weighted by Crippen LogP contribution is 2.20. The summed E-state index contributed by atoms with van der Waals surface area (Å²) in [7, 11) is 0. The number of primary amides is 1. The first kappa shape index (κ1) is 51.8. The molecule has 0 unspecified atom stereocenters. The van der Waals surface area contributed by atoms with Crippen LogP contribution in [0.1, 0.15) is 111 Å². The number of nitrogens with one attached hydrogen (secondary N) is 6. The lowest BCUT2D eigenvalue weighted by molar-refractivity contribution is -0.137. The van der Waals surface area contributed by atoms with Crippen LogP contribution in [0.5, 0.6) is 0 Å². The predicted octanol–water partition coefficient (Wildman–Crippen LogP) is 2.75. The molecule has 9 N–H and O–H groups in total. The molecule has 0 aromatic heterocycles. The number of carbonyl (C=O) groups excluding carboxylic acids is 7. The number of carboxylic acid groups (broad SMARTS) is 1. The van der Waals surface area contributed by atoms with Gasteiger partial charge in [0.25, 0.3) is 0 Å². The number of nitrogens with two attached hydrogens (primary N) is 1. The maximum Gasteiger partial charge on any atom is 0.303 e. The summed E-state index contributed by atoms with van der Waals surface area (Å²) in [6.07, 6.45) is 1.37. The van der Waals surface area contributed by atoms with Crippen molar-refractivity contribution in [1.29, 1.82) is 0 Å². The highest BCUT2D eigenvalue weighted by molar-refractivity contribution is 7.98. The normalized spacial score (nSPS) is 22.1. The van der Waals surface area contributed by atoms with Gasteiger partial charge in [-0.05, 0) is 68.4 Å². The summed E-state index contributed by atoms with van der Waals surface area (Å²) in [5, 5.41) is 25.6. The van der Waals surface area contributed by atoms with Gasteiger partial charge in [-0.1, -0.05) is 72.2 Å². The molecule has 0 saturated carbocycles. The van der Waals surface area contributed by atoms with Crippen LogP contribution >= 0.6 is 23.5 Å². The van der Waals surface area contributed by atoms with Gasteiger partial charge in [0, 0.05) is 35.9 Å². The van der Waals surface area contributed by atoms with Gasteiger partial charge in [-0.15, -0.1) is 0 Å². The van der Waals surface area contributed by atoms with E-state index >= 15 is 0 Å². The van der Waals surface area contributed by atoms with Crippen molar-refractivity contribution in [3.63, 3.8) is 0 Å². The van der Waals surface area contributed by atoms with Crippen molar-refractivity contribution in [2.45, 2.75) is 148 Å². The second kappa shape index (κ2) is 25.5. The van der Waals surface area contributed by atoms with Crippen molar-refractivity contribution in [2.24, 2.45) is 23.5 Å². The number of carboxylic acids is 1. The van der Waals surface area contributed by atoms with E-state index in [0.717, 1.165) is 11.1 Å². The zero-order chi connectivity index (χ0) is 45.2. The number of fused-ring (bicyclic) bond motifs is 2. The van der Waals surface area contributed by atoms with E-state index in [-0.39, 0.29) is 61.4 Å². The molecule has 1 heterocycles. The van der Waals surface area contributed by atoms with Gasteiger partial charge in [0.05, 0.1) is 0 Å². The first-order chi connectivity index (χ1) is 28.1. The van der Waals surface area contributed by atoms with Crippen molar-refractivity contribution in [1.82, 2.24) is 31.9 Å². The lowest BCUT2D eigenvalue weighted by Gasteiger charge is -2.32. The third-order valence-electron chi connectivity index (χ3n) is 10.00. The van der Waals surface area contributed by atoms with Crippen LogP contribution in [0.25, 0.3) is 0 Å². The van der Waals surface area contributed by atoms with Crippen LogP contribution in [-0.4, -0.2) is 99.7 Å². The average Bonchev–Trinajstić information content (AvgIpc) is 3.16. The minimum absolute atomic E-state index is 0.0676. The zero-order valence-electron chi connectivity index (χ0n) is 36.3. The monoisotopic (exact) mass is 877 g/mol. The first-order valence-electron chi connectivity index (χ1n) is 20.7. The number of benzene rings is 1. The van der Waals surface area contributed by atoms with E-state index < -0.39 is 83.1 Å². The first-order valence-corrected chi connectivity index (χ1v) is 23.0. The third kappa shape index (κ3) is 18.5. The molecule has 1 aliphatic heterocycles. The Hall–Kier alpha value is -4.32. The number of thioether (sulfide) groups is 2. The molecule has 16 nitrogen and oxygen atoms in total. The van der Waals surface area contributed by atoms with E-state index in [9.17, 15) is 38.4 Å². The largest absolute Gasteiger partial charge is 0.481 e. The standard InChI is InChI=1S/C42H67N7O9S2/c1-9-26(6)35-40(57)45-31(36(43)53)22-59-20-27-12-10-13-28(19-27)21-60-23-32(39(56)49-42(7,8)41(58)47-30(18-25(4)5)38(55)48-35)46-37(54)29(17-16-24(2)3)44-33(50)14-11-15-34(51)52/h10,12-13,19,24-26,29-32,35H,9,11,14-18,20-23H2,1-8H3,(H2,43,53)(H,44,50)(H,45,57)(H,46,54)(H,47,58)(H,48,55)(H,49,56)(H,51,52)/t26-,29-,30-,31-,32-,35-/m0/s1. The number of amides is 7. The summed E-state index contributed by atoms with van der Waals surface area (Å²) < 4.78 is 0. The minimum atomic E-state index is -1.60. The van der Waals surface area contributed by atoms with Crippen LogP contribution < -0.4 is 37.6 Å². The maximum absolute atomic E-state index is 14.1. The molecule has 2 rings (SSSR count). The van der Waals surface area contributed by atoms with Gasteiger partial charge in [-0.2, -0.15) is 23.5 Å². The Bertz CT molecular complexity index is 1660. The lowest BCUT2D eigenvalue weighted by atomic mass is 9.96. The Morgan fingerprint density at radius 1 is 0.867 bits per heavy atom. The van der Waals surface area contributed by atoms with Crippen LogP contribution in [0.4, 0.5) is 0 Å². The van der Waals surface area contributed by atoms with Gasteiger partial charge in [-0.3, -0.25) is 38.4 Å². The number of hydrogen-bond acceptors (Lipinski definition) is 10. The summed E-state index contributed by atoms with van der Waals surface area (Å²) in [6, 6.07) is 2.38. The van der Waals surface area contributed by atoms with Crippen LogP contribution in [-0.2, 0) is 49.9 Å². The van der Waals surface area contributed by atoms with E-state index in [1.54, 1.807) is 6.92 Å². The smallest absolute Gasteiger partial charge is 0.303 e. The molecule has 336 valence electrons. The second-order valence-corrected chi connectivity index (χ2v) is 18.9. The van der Waals surface area contributed by atoms with Crippen molar-refractivity contribution in [3.8, 4) is 0 Å². The van der Waals surface area contributed by atoms with Crippen LogP contribution in [0.3, 0.4) is 0 Å². The van der Waals surface area contributed by atoms with E-state index in [2.05, 4.69) is 31.9 Å². The fourth-order valence-electron chi connectivity index (χ4n) is 6.19. The van der Waals surface area contributed by atoms with Gasteiger partial charge in [0.2, 0.25) is 41.4 Å². The van der Waals surface area contributed by atoms with Gasteiger partial charge >= 0.3 is 5.97 Å². The Morgan fingerprint density at radius 3 is 2.07 bits per heavy atom. The molecular weight excluding hydrogens is 811 g/mol. The number of hydrogen-bond donors (Lipinski definition) is 8. The molecule has 1 aromatic rings. The summed E-state index contributed by atoms with van der Waals surface area (Å²) in [5.74, 6) is -4.41. The molecule has 60 heavy (non-hydrogen) atoms. The van der Waals surface area contributed by atoms with Crippen molar-refractivity contribution in [2.75, 3.05) is 11.5 Å². The average molecular weight is 878 g/mol. The molecule has 2 bridgehead atoms. The zero-order valence-corrected chi connectivity index (χ0v) is 37.9. The van der Waals surface area contributed by atoms with E-state index in [1.807, 2.05) is 58.9 Å². The SMILES string of the molecule is CC[C@H](C)[C@@H]1NC(=O)[C@H](CC(C)C)NC(=O)C(C)(C)NC(=O)[C@@H](NC(=O)[C@H](CCC(C)C)NC(=O)CCCC(=O)O)CSCc2cccc(c2)CSC[C@@H](C(N)=O)NC1=O. The maximum atomic E-state index is 14.1. The molecule has 1 aliphatic rings. The topological polar surface area (TPSA) is 255 Å². The molecule has 6 atom stereocenters. The molecule has 1 aromatic carbocycles. The predicted molar refractivity (Wildman–Crippen MR) is 234 cm³/mol. The molecule has 0 fully saturated rings. The van der Waals surface area contributed by atoms with Crippen molar-refractivity contribution >= 4 is 70.8 Å². The third-order valence-corrected chi connectivity index (χ3v) is 12.2. The van der Waals surface area contributed by atoms with Crippen LogP contribution in [0.15, 0.2) is 24.3 Å². The Morgan fingerprint density at radius 2 is 1.50 bits per heavy atom. The summed E-state index contributed by atoms with van der Waals surface area (Å²) in [4.78, 5) is 106. The minimum Gasteiger partial charge on any atom is -0.481 e. The molecule has 0 radical (unpaired) electrons.